The molecule has 2 aromatic heterocycles. The first-order valence-corrected chi connectivity index (χ1v) is 19.1. The maximum absolute atomic E-state index is 2.61. The summed E-state index contributed by atoms with van der Waals surface area (Å²) >= 11 is 1.96. The number of para-hydroxylation sites is 2. The van der Waals surface area contributed by atoms with Crippen molar-refractivity contribution >= 4 is 67.5 Å². The smallest absolute Gasteiger partial charge is 0.0633 e. The van der Waals surface area contributed by atoms with Crippen molar-refractivity contribution in [1.82, 2.24) is 4.57 Å². The lowest BCUT2D eigenvalue weighted by Crippen LogP contribution is -2.30. The standard InChI is InChI=1S/C48H36N2S/c1-2-12-34(13-3-1)49-43-19-9-5-15-36(43)39-28-31(22-25-45(39)49)32-23-26-46-40(29-32)37-16-6-10-20-44(37)50(46)42-18-8-4-14-35(42)33-24-27-48-41(30-33)38-17-7-11-21-47(38)51-48/h1-4,6-8,10,12-19,22-30,44H,5,9,11,20-21H2. The van der Waals surface area contributed by atoms with Gasteiger partial charge < -0.3 is 9.47 Å². The van der Waals surface area contributed by atoms with Crippen molar-refractivity contribution in [2.45, 2.75) is 38.1 Å². The molecule has 11 rings (SSSR count). The van der Waals surface area contributed by atoms with Crippen molar-refractivity contribution in [3.8, 4) is 27.9 Å². The fourth-order valence-corrected chi connectivity index (χ4v) is 10.2. The summed E-state index contributed by atoms with van der Waals surface area (Å²) in [5.41, 5.74) is 14.3. The van der Waals surface area contributed by atoms with Crippen LogP contribution in [-0.2, 0) is 6.42 Å². The zero-order valence-electron chi connectivity index (χ0n) is 28.3. The summed E-state index contributed by atoms with van der Waals surface area (Å²) in [5, 5.41) is 5.40. The van der Waals surface area contributed by atoms with Gasteiger partial charge in [0.25, 0.3) is 0 Å². The summed E-state index contributed by atoms with van der Waals surface area (Å²) < 4.78 is 3.83. The van der Waals surface area contributed by atoms with Gasteiger partial charge >= 0.3 is 0 Å². The number of nitrogens with zero attached hydrogens (tertiary/aromatic N) is 2. The maximum atomic E-state index is 2.61. The number of thiophene rings is 1. The molecule has 1 aliphatic heterocycles. The van der Waals surface area contributed by atoms with Gasteiger partial charge in [0.05, 0.1) is 11.6 Å². The summed E-state index contributed by atoms with van der Waals surface area (Å²) in [4.78, 5) is 4.14. The van der Waals surface area contributed by atoms with Gasteiger partial charge in [0.15, 0.2) is 0 Å². The monoisotopic (exact) mass is 672 g/mol. The molecule has 0 N–H and O–H groups in total. The van der Waals surface area contributed by atoms with E-state index >= 15 is 0 Å². The quantitative estimate of drug-likeness (QED) is 0.181. The predicted octanol–water partition coefficient (Wildman–Crippen LogP) is 11.4. The van der Waals surface area contributed by atoms with Crippen LogP contribution in [0.4, 0.5) is 11.4 Å². The maximum Gasteiger partial charge on any atom is 0.0633 e. The molecule has 0 fully saturated rings. The first-order valence-electron chi connectivity index (χ1n) is 18.3. The Bertz CT molecular complexity index is 2790. The Morgan fingerprint density at radius 3 is 2.41 bits per heavy atom. The van der Waals surface area contributed by atoms with Gasteiger partial charge in [-0.2, -0.15) is 0 Å². The molecule has 5 aromatic carbocycles. The van der Waals surface area contributed by atoms with Crippen LogP contribution in [0, 0.1) is 0 Å². The van der Waals surface area contributed by atoms with Crippen LogP contribution in [0.2, 0.25) is 0 Å². The van der Waals surface area contributed by atoms with E-state index in [0.717, 1.165) is 32.1 Å². The molecule has 4 aliphatic rings. The molecule has 0 amide bonds. The summed E-state index contributed by atoms with van der Waals surface area (Å²) in [6.45, 7) is 0. The molecule has 0 saturated heterocycles. The number of hydrogen-bond donors (Lipinski definition) is 0. The minimum atomic E-state index is 0.265. The first-order chi connectivity index (χ1) is 25.3. The summed E-state index contributed by atoms with van der Waals surface area (Å²) in [5.74, 6) is 0. The van der Waals surface area contributed by atoms with Crippen LogP contribution in [0.5, 0.6) is 0 Å². The normalized spacial score (nSPS) is 17.1. The van der Waals surface area contributed by atoms with Crippen molar-refractivity contribution in [3.63, 3.8) is 0 Å². The minimum absolute atomic E-state index is 0.265. The molecule has 0 radical (unpaired) electrons. The lowest BCUT2D eigenvalue weighted by Gasteiger charge is -2.30. The molecule has 0 spiro atoms. The Labute approximate surface area is 301 Å². The third-order valence-corrected chi connectivity index (χ3v) is 12.6. The molecule has 0 bridgehead atoms. The lowest BCUT2D eigenvalue weighted by atomic mass is 9.93. The average Bonchev–Trinajstić information content (AvgIpc) is 3.85. The summed E-state index contributed by atoms with van der Waals surface area (Å²) in [7, 11) is 0. The van der Waals surface area contributed by atoms with Gasteiger partial charge in [-0.3, -0.25) is 0 Å². The second-order valence-electron chi connectivity index (χ2n) is 14.2. The molecule has 1 atom stereocenters. The second-order valence-corrected chi connectivity index (χ2v) is 15.3. The molecule has 7 aromatic rings. The van der Waals surface area contributed by atoms with Gasteiger partial charge in [0, 0.05) is 59.1 Å². The third kappa shape index (κ3) is 4.48. The zero-order valence-corrected chi connectivity index (χ0v) is 29.2. The zero-order chi connectivity index (χ0) is 33.5. The van der Waals surface area contributed by atoms with Crippen molar-refractivity contribution in [3.05, 3.63) is 160 Å². The first kappa shape index (κ1) is 29.1. The van der Waals surface area contributed by atoms with Crippen LogP contribution < -0.4 is 15.5 Å². The molecule has 51 heavy (non-hydrogen) atoms. The van der Waals surface area contributed by atoms with Crippen molar-refractivity contribution < 1.29 is 0 Å². The predicted molar refractivity (Wildman–Crippen MR) is 218 cm³/mol. The van der Waals surface area contributed by atoms with E-state index in [4.69, 9.17) is 0 Å². The highest BCUT2D eigenvalue weighted by Crippen LogP contribution is 2.51. The van der Waals surface area contributed by atoms with E-state index in [2.05, 4.69) is 161 Å². The Hall–Kier alpha value is -5.64. The third-order valence-electron chi connectivity index (χ3n) is 11.4. The largest absolute Gasteiger partial charge is 0.332 e. The van der Waals surface area contributed by atoms with Crippen LogP contribution in [0.3, 0.4) is 0 Å². The number of aryl methyl sites for hydroxylation is 1. The van der Waals surface area contributed by atoms with Gasteiger partial charge in [-0.1, -0.05) is 97.1 Å². The van der Waals surface area contributed by atoms with Crippen LogP contribution in [0.15, 0.2) is 133 Å². The number of anilines is 2. The molecule has 1 unspecified atom stereocenters. The van der Waals surface area contributed by atoms with Crippen LogP contribution in [0.1, 0.15) is 41.7 Å². The van der Waals surface area contributed by atoms with Crippen LogP contribution in [-0.4, -0.2) is 10.6 Å². The van der Waals surface area contributed by atoms with E-state index in [9.17, 15) is 0 Å². The van der Waals surface area contributed by atoms with Gasteiger partial charge in [0.1, 0.15) is 0 Å². The highest BCUT2D eigenvalue weighted by Gasteiger charge is 2.36. The molecule has 244 valence electrons. The summed E-state index contributed by atoms with van der Waals surface area (Å²) in [6.07, 6.45) is 21.9. The number of fused-ring (bicyclic) bond motifs is 9. The fourth-order valence-electron chi connectivity index (χ4n) is 9.03. The Morgan fingerprint density at radius 2 is 1.45 bits per heavy atom. The average molecular weight is 673 g/mol. The SMILES string of the molecule is C1=CCC2C(=C1)c1cc(-c3ccc4c(c3)c3c(n4-c4ccccc4)=CCCC=3)ccc1N2c1ccccc1-c1ccc2sc3c(c2c1)C=CCC3. The second kappa shape index (κ2) is 11.4. The molecule has 2 nitrogen and oxygen atoms in total. The number of rotatable bonds is 4. The number of aromatic nitrogens is 1. The Kier molecular flexibility index (Phi) is 6.54. The lowest BCUT2D eigenvalue weighted by molar-refractivity contribution is 0.830. The highest BCUT2D eigenvalue weighted by molar-refractivity contribution is 7.19. The van der Waals surface area contributed by atoms with E-state index < -0.39 is 0 Å². The highest BCUT2D eigenvalue weighted by atomic mass is 32.1. The fraction of sp³-hybridized carbons (Fsp3) is 0.125. The molecular formula is C48H36N2S. The number of benzene rings is 5. The van der Waals surface area contributed by atoms with E-state index in [1.54, 1.807) is 0 Å². The van der Waals surface area contributed by atoms with Crippen LogP contribution >= 0.6 is 11.3 Å². The number of hydrogen-bond acceptors (Lipinski definition) is 2. The molecule has 3 heterocycles. The molecular weight excluding hydrogens is 637 g/mol. The topological polar surface area (TPSA) is 8.17 Å². The van der Waals surface area contributed by atoms with Gasteiger partial charge in [-0.15, -0.1) is 11.3 Å². The molecule has 3 aliphatic carbocycles. The van der Waals surface area contributed by atoms with Crippen molar-refractivity contribution in [1.29, 1.82) is 0 Å². The Morgan fingerprint density at radius 1 is 0.647 bits per heavy atom. The van der Waals surface area contributed by atoms with Gasteiger partial charge in [-0.05, 0) is 115 Å². The molecule has 0 saturated carbocycles. The number of allylic oxidation sites excluding steroid dienone is 3. The molecule has 3 heteroatoms. The minimum Gasteiger partial charge on any atom is -0.332 e. The van der Waals surface area contributed by atoms with E-state index in [1.807, 2.05) is 11.3 Å². The van der Waals surface area contributed by atoms with Gasteiger partial charge in [-0.25, -0.2) is 0 Å². The van der Waals surface area contributed by atoms with E-state index in [-0.39, 0.29) is 6.04 Å². The van der Waals surface area contributed by atoms with E-state index in [0.29, 0.717) is 0 Å². The Balaban J connectivity index is 1.04. The van der Waals surface area contributed by atoms with Gasteiger partial charge in [0.2, 0.25) is 0 Å². The van der Waals surface area contributed by atoms with Crippen LogP contribution in [0.25, 0.3) is 72.7 Å². The summed E-state index contributed by atoms with van der Waals surface area (Å²) in [6, 6.07) is 41.4. The van der Waals surface area contributed by atoms with Crippen molar-refractivity contribution in [2.75, 3.05) is 4.90 Å². The van der Waals surface area contributed by atoms with Crippen molar-refractivity contribution in [2.24, 2.45) is 0 Å². The van der Waals surface area contributed by atoms with E-state index in [1.165, 1.54) is 92.4 Å².